The summed E-state index contributed by atoms with van der Waals surface area (Å²) < 4.78 is 5.37. The molecule has 1 aromatic carbocycles. The Hall–Kier alpha value is -2.37. The quantitative estimate of drug-likeness (QED) is 0.844. The Balaban J connectivity index is 2.44. The summed E-state index contributed by atoms with van der Waals surface area (Å²) in [6.45, 7) is 1.90. The molecule has 0 saturated heterocycles. The lowest BCUT2D eigenvalue weighted by molar-refractivity contribution is -0.139. The van der Waals surface area contributed by atoms with Crippen LogP contribution in [0.1, 0.15) is 23.8 Å². The van der Waals surface area contributed by atoms with Gasteiger partial charge in [-0.15, -0.1) is 0 Å². The third-order valence-corrected chi connectivity index (χ3v) is 2.58. The first-order chi connectivity index (χ1) is 8.47. The minimum absolute atomic E-state index is 0.0468. The molecule has 6 heteroatoms. The fourth-order valence-corrected chi connectivity index (χ4v) is 1.69. The molecule has 1 atom stereocenters. The third kappa shape index (κ3) is 2.32. The Morgan fingerprint density at radius 2 is 2.22 bits per heavy atom. The van der Waals surface area contributed by atoms with E-state index in [9.17, 15) is 9.59 Å². The number of nitrogens with two attached hydrogens (primary N) is 1. The molecule has 0 aliphatic heterocycles. The largest absolute Gasteiger partial charge is 0.481 e. The summed E-state index contributed by atoms with van der Waals surface area (Å²) >= 11 is 0. The van der Waals surface area contributed by atoms with Crippen LogP contribution in [0.5, 0.6) is 0 Å². The molecule has 2 aromatic rings. The van der Waals surface area contributed by atoms with E-state index in [0.29, 0.717) is 11.1 Å². The number of carbonyl (C=O) groups excluding carboxylic acids is 1. The molecule has 3 N–H and O–H groups in total. The van der Waals surface area contributed by atoms with Gasteiger partial charge in [0.05, 0.1) is 6.42 Å². The Labute approximate surface area is 102 Å². The first-order valence-electron chi connectivity index (χ1n) is 5.35. The van der Waals surface area contributed by atoms with Gasteiger partial charge in [0.1, 0.15) is 11.4 Å². The lowest BCUT2D eigenvalue weighted by Gasteiger charge is -2.04. The third-order valence-electron chi connectivity index (χ3n) is 2.58. The number of carboxylic acid groups (broad SMARTS) is 1. The summed E-state index contributed by atoms with van der Waals surface area (Å²) in [5.41, 5.74) is 7.25. The number of hydrogen-bond acceptors (Lipinski definition) is 4. The number of hydrogen-bond donors (Lipinski definition) is 2. The summed E-state index contributed by atoms with van der Waals surface area (Å²) in [4.78, 5) is 26.0. The number of primary amides is 1. The minimum Gasteiger partial charge on any atom is -0.481 e. The van der Waals surface area contributed by atoms with E-state index in [4.69, 9.17) is 15.3 Å². The average molecular weight is 248 g/mol. The first-order valence-corrected chi connectivity index (χ1v) is 5.35. The maximum absolute atomic E-state index is 11.2. The van der Waals surface area contributed by atoms with Crippen molar-refractivity contribution in [1.29, 1.82) is 0 Å². The van der Waals surface area contributed by atoms with Crippen LogP contribution in [0, 0.1) is 6.92 Å². The lowest BCUT2D eigenvalue weighted by Crippen LogP contribution is -2.24. The summed E-state index contributed by atoms with van der Waals surface area (Å²) in [6, 6.07) is 5.36. The van der Waals surface area contributed by atoms with E-state index in [1.165, 1.54) is 0 Å². The van der Waals surface area contributed by atoms with E-state index in [1.807, 2.05) is 13.0 Å². The normalized spacial score (nSPS) is 12.5. The molecule has 2 rings (SSSR count). The zero-order valence-electron chi connectivity index (χ0n) is 9.71. The summed E-state index contributed by atoms with van der Waals surface area (Å²) in [5, 5.41) is 8.74. The van der Waals surface area contributed by atoms with Gasteiger partial charge in [-0.3, -0.25) is 9.59 Å². The molecule has 0 saturated carbocycles. The molecule has 1 amide bonds. The average Bonchev–Trinajstić information content (AvgIpc) is 2.67. The summed E-state index contributed by atoms with van der Waals surface area (Å²) in [7, 11) is 0. The van der Waals surface area contributed by atoms with Gasteiger partial charge in [-0.05, 0) is 24.6 Å². The Kier molecular flexibility index (Phi) is 3.01. The molecule has 1 heterocycles. The van der Waals surface area contributed by atoms with Crippen molar-refractivity contribution in [3.8, 4) is 0 Å². The predicted molar refractivity (Wildman–Crippen MR) is 62.9 cm³/mol. The van der Waals surface area contributed by atoms with Crippen LogP contribution in [-0.2, 0) is 9.59 Å². The van der Waals surface area contributed by atoms with Gasteiger partial charge in [-0.2, -0.15) is 0 Å². The molecule has 0 spiro atoms. The SMILES string of the molecule is Cc1ccc2oc(C(CC(=O)O)C(N)=O)nc2c1. The van der Waals surface area contributed by atoms with Gasteiger partial charge in [0.25, 0.3) is 0 Å². The molecule has 0 bridgehead atoms. The second-order valence-corrected chi connectivity index (χ2v) is 4.08. The molecule has 94 valence electrons. The molecule has 1 unspecified atom stereocenters. The number of fused-ring (bicyclic) bond motifs is 1. The van der Waals surface area contributed by atoms with Gasteiger partial charge in [0.15, 0.2) is 5.58 Å². The highest BCUT2D eigenvalue weighted by Gasteiger charge is 2.26. The van der Waals surface area contributed by atoms with Crippen LogP contribution in [0.4, 0.5) is 0 Å². The van der Waals surface area contributed by atoms with Crippen LogP contribution in [0.2, 0.25) is 0 Å². The first kappa shape index (κ1) is 12.1. The maximum atomic E-state index is 11.2. The van der Waals surface area contributed by atoms with Crippen molar-refractivity contribution in [3.63, 3.8) is 0 Å². The molecular formula is C12H12N2O4. The predicted octanol–water partition coefficient (Wildman–Crippen LogP) is 1.18. The molecule has 0 aliphatic rings. The standard InChI is InChI=1S/C12H12N2O4/c1-6-2-3-9-8(4-6)14-12(18-9)7(11(13)17)5-10(15)16/h2-4,7H,5H2,1H3,(H2,13,17)(H,15,16). The summed E-state index contributed by atoms with van der Waals surface area (Å²) in [6.07, 6.45) is -0.429. The minimum atomic E-state index is -1.13. The van der Waals surface area contributed by atoms with E-state index in [-0.39, 0.29) is 5.89 Å². The molecular weight excluding hydrogens is 236 g/mol. The van der Waals surface area contributed by atoms with Crippen molar-refractivity contribution in [2.45, 2.75) is 19.3 Å². The highest BCUT2D eigenvalue weighted by Crippen LogP contribution is 2.24. The van der Waals surface area contributed by atoms with Crippen molar-refractivity contribution >= 4 is 23.0 Å². The summed E-state index contributed by atoms with van der Waals surface area (Å²) in [5.74, 6) is -2.89. The van der Waals surface area contributed by atoms with Crippen molar-refractivity contribution < 1.29 is 19.1 Å². The number of carbonyl (C=O) groups is 2. The van der Waals surface area contributed by atoms with Crippen LogP contribution in [0.25, 0.3) is 11.1 Å². The zero-order valence-corrected chi connectivity index (χ0v) is 9.71. The number of aliphatic carboxylic acids is 1. The number of carboxylic acids is 1. The Morgan fingerprint density at radius 3 is 2.83 bits per heavy atom. The maximum Gasteiger partial charge on any atom is 0.304 e. The molecule has 0 aliphatic carbocycles. The van der Waals surface area contributed by atoms with Gasteiger partial charge in [0, 0.05) is 0 Å². The van der Waals surface area contributed by atoms with Crippen LogP contribution in [0.15, 0.2) is 22.6 Å². The van der Waals surface area contributed by atoms with Crippen molar-refractivity contribution in [2.24, 2.45) is 5.73 Å². The number of amides is 1. The van der Waals surface area contributed by atoms with Crippen LogP contribution in [-0.4, -0.2) is 22.0 Å². The van der Waals surface area contributed by atoms with Gasteiger partial charge in [0.2, 0.25) is 11.8 Å². The monoisotopic (exact) mass is 248 g/mol. The molecule has 6 nitrogen and oxygen atoms in total. The van der Waals surface area contributed by atoms with E-state index in [0.717, 1.165) is 5.56 Å². The zero-order chi connectivity index (χ0) is 13.3. The van der Waals surface area contributed by atoms with Gasteiger partial charge >= 0.3 is 5.97 Å². The van der Waals surface area contributed by atoms with Crippen LogP contribution in [0.3, 0.4) is 0 Å². The van der Waals surface area contributed by atoms with Crippen LogP contribution >= 0.6 is 0 Å². The van der Waals surface area contributed by atoms with Crippen molar-refractivity contribution in [3.05, 3.63) is 29.7 Å². The smallest absolute Gasteiger partial charge is 0.304 e. The molecule has 0 radical (unpaired) electrons. The van der Waals surface area contributed by atoms with E-state index in [2.05, 4.69) is 4.98 Å². The number of benzene rings is 1. The lowest BCUT2D eigenvalue weighted by atomic mass is 10.1. The van der Waals surface area contributed by atoms with Crippen molar-refractivity contribution in [1.82, 2.24) is 4.98 Å². The fourth-order valence-electron chi connectivity index (χ4n) is 1.69. The number of aromatic nitrogens is 1. The van der Waals surface area contributed by atoms with Gasteiger partial charge in [-0.1, -0.05) is 6.07 Å². The molecule has 18 heavy (non-hydrogen) atoms. The fraction of sp³-hybridized carbons (Fsp3) is 0.250. The number of aryl methyl sites for hydroxylation is 1. The molecule has 0 fully saturated rings. The second-order valence-electron chi connectivity index (χ2n) is 4.08. The Morgan fingerprint density at radius 1 is 1.50 bits per heavy atom. The molecule has 1 aromatic heterocycles. The van der Waals surface area contributed by atoms with Gasteiger partial charge in [-0.25, -0.2) is 4.98 Å². The van der Waals surface area contributed by atoms with E-state index in [1.54, 1.807) is 12.1 Å². The van der Waals surface area contributed by atoms with E-state index >= 15 is 0 Å². The van der Waals surface area contributed by atoms with Gasteiger partial charge < -0.3 is 15.3 Å². The highest BCUT2D eigenvalue weighted by atomic mass is 16.4. The topological polar surface area (TPSA) is 106 Å². The second kappa shape index (κ2) is 4.48. The number of oxazole rings is 1. The van der Waals surface area contributed by atoms with E-state index < -0.39 is 24.2 Å². The number of nitrogens with zero attached hydrogens (tertiary/aromatic N) is 1. The Bertz CT molecular complexity index is 618. The van der Waals surface area contributed by atoms with Crippen LogP contribution < -0.4 is 5.73 Å². The highest BCUT2D eigenvalue weighted by molar-refractivity contribution is 5.86. The number of rotatable bonds is 4. The van der Waals surface area contributed by atoms with Crippen molar-refractivity contribution in [2.75, 3.05) is 0 Å².